The number of benzene rings is 1. The summed E-state index contributed by atoms with van der Waals surface area (Å²) in [5, 5.41) is 11.4. The third-order valence-corrected chi connectivity index (χ3v) is 4.42. The summed E-state index contributed by atoms with van der Waals surface area (Å²) in [6.45, 7) is 9.59. The maximum atomic E-state index is 4.69. The first-order chi connectivity index (χ1) is 11.7. The highest BCUT2D eigenvalue weighted by molar-refractivity contribution is 14.0. The molecule has 2 aromatic rings. The van der Waals surface area contributed by atoms with E-state index in [-0.39, 0.29) is 24.0 Å². The quantitative estimate of drug-likeness (QED) is 0.267. The van der Waals surface area contributed by atoms with Crippen molar-refractivity contribution in [1.29, 1.82) is 0 Å². The van der Waals surface area contributed by atoms with Gasteiger partial charge < -0.3 is 10.6 Å². The lowest BCUT2D eigenvalue weighted by Gasteiger charge is -2.13. The molecule has 0 fully saturated rings. The molecule has 0 radical (unpaired) electrons. The van der Waals surface area contributed by atoms with E-state index in [1.54, 1.807) is 0 Å². The molecule has 0 aliphatic carbocycles. The normalized spacial score (nSPS) is 12.4. The zero-order valence-corrected chi connectivity index (χ0v) is 18.3. The van der Waals surface area contributed by atoms with E-state index >= 15 is 0 Å². The predicted octanol–water partition coefficient (Wildman–Crippen LogP) is 3.55. The summed E-state index contributed by atoms with van der Waals surface area (Å²) in [7, 11) is 0. The van der Waals surface area contributed by atoms with Gasteiger partial charge in [0.15, 0.2) is 5.96 Å². The van der Waals surface area contributed by atoms with Gasteiger partial charge in [-0.1, -0.05) is 25.1 Å². The topological polar surface area (TPSA) is 54.2 Å². The molecule has 2 N–H and O–H groups in total. The fourth-order valence-electron chi connectivity index (χ4n) is 2.21. The van der Waals surface area contributed by atoms with Crippen LogP contribution in [0.4, 0.5) is 0 Å². The van der Waals surface area contributed by atoms with Gasteiger partial charge in [-0.05, 0) is 31.5 Å². The molecular weight excluding hydrogens is 445 g/mol. The Morgan fingerprint density at radius 3 is 2.68 bits per heavy atom. The van der Waals surface area contributed by atoms with Crippen molar-refractivity contribution in [3.63, 3.8) is 0 Å². The van der Waals surface area contributed by atoms with Gasteiger partial charge in [-0.15, -0.1) is 35.7 Å². The predicted molar refractivity (Wildman–Crippen MR) is 118 cm³/mol. The lowest BCUT2D eigenvalue weighted by atomic mass is 10.4. The molecule has 1 atom stereocenters. The Bertz CT molecular complexity index is 629. The molecule has 0 saturated carbocycles. The van der Waals surface area contributed by atoms with E-state index in [0.717, 1.165) is 32.1 Å². The molecule has 0 amide bonds. The van der Waals surface area contributed by atoms with Crippen LogP contribution in [0, 0.1) is 6.92 Å². The molecule has 2 rings (SSSR count). The SMILES string of the molecule is CCNC(=NCC(C)Sc1ccccc1)NCCn1cc(C)cn1.I. The first kappa shape index (κ1) is 21.8. The van der Waals surface area contributed by atoms with Gasteiger partial charge in [0.05, 0.1) is 19.3 Å². The molecule has 0 aliphatic rings. The van der Waals surface area contributed by atoms with Crippen LogP contribution in [0.1, 0.15) is 19.4 Å². The number of aliphatic imine (C=N–C) groups is 1. The van der Waals surface area contributed by atoms with Gasteiger partial charge in [-0.3, -0.25) is 9.67 Å². The Kier molecular flexibility index (Phi) is 10.6. The number of guanidine groups is 1. The minimum absolute atomic E-state index is 0. The third kappa shape index (κ3) is 8.62. The van der Waals surface area contributed by atoms with Gasteiger partial charge in [0.2, 0.25) is 0 Å². The molecule has 5 nitrogen and oxygen atoms in total. The molecule has 0 saturated heterocycles. The highest BCUT2D eigenvalue weighted by Gasteiger charge is 2.05. The summed E-state index contributed by atoms with van der Waals surface area (Å²) in [5.74, 6) is 0.863. The van der Waals surface area contributed by atoms with Crippen molar-refractivity contribution in [3.8, 4) is 0 Å². The fourth-order valence-corrected chi connectivity index (χ4v) is 3.14. The van der Waals surface area contributed by atoms with E-state index in [1.165, 1.54) is 10.5 Å². The van der Waals surface area contributed by atoms with Crippen molar-refractivity contribution < 1.29 is 0 Å². The molecule has 1 aromatic heterocycles. The zero-order valence-electron chi connectivity index (χ0n) is 15.1. The summed E-state index contributed by atoms with van der Waals surface area (Å²) < 4.78 is 1.94. The molecular formula is C18H28IN5S. The van der Waals surface area contributed by atoms with E-state index in [9.17, 15) is 0 Å². The first-order valence-electron chi connectivity index (χ1n) is 8.40. The Labute approximate surface area is 172 Å². The molecule has 0 bridgehead atoms. The fraction of sp³-hybridized carbons (Fsp3) is 0.444. The summed E-state index contributed by atoms with van der Waals surface area (Å²) >= 11 is 1.85. The summed E-state index contributed by atoms with van der Waals surface area (Å²) in [4.78, 5) is 5.97. The van der Waals surface area contributed by atoms with Crippen LogP contribution in [0.3, 0.4) is 0 Å². The van der Waals surface area contributed by atoms with E-state index in [2.05, 4.69) is 58.8 Å². The number of nitrogens with one attached hydrogen (secondary N) is 2. The van der Waals surface area contributed by atoms with Gasteiger partial charge in [-0.2, -0.15) is 5.10 Å². The minimum atomic E-state index is 0. The van der Waals surface area contributed by atoms with Crippen LogP contribution in [-0.4, -0.2) is 40.6 Å². The number of rotatable bonds is 8. The average molecular weight is 473 g/mol. The van der Waals surface area contributed by atoms with Crippen LogP contribution in [0.5, 0.6) is 0 Å². The number of nitrogens with zero attached hydrogens (tertiary/aromatic N) is 3. The molecule has 138 valence electrons. The number of aromatic nitrogens is 2. The second-order valence-electron chi connectivity index (χ2n) is 5.67. The van der Waals surface area contributed by atoms with Crippen molar-refractivity contribution in [3.05, 3.63) is 48.3 Å². The number of thioether (sulfide) groups is 1. The van der Waals surface area contributed by atoms with Gasteiger partial charge in [0.1, 0.15) is 0 Å². The summed E-state index contributed by atoms with van der Waals surface area (Å²) in [6.07, 6.45) is 3.92. The van der Waals surface area contributed by atoms with Crippen LogP contribution in [0.2, 0.25) is 0 Å². The maximum absolute atomic E-state index is 4.69. The van der Waals surface area contributed by atoms with Crippen LogP contribution in [0.15, 0.2) is 52.6 Å². The average Bonchev–Trinajstić information content (AvgIpc) is 2.99. The highest BCUT2D eigenvalue weighted by atomic mass is 127. The first-order valence-corrected chi connectivity index (χ1v) is 9.28. The van der Waals surface area contributed by atoms with Gasteiger partial charge >= 0.3 is 0 Å². The lowest BCUT2D eigenvalue weighted by molar-refractivity contribution is 0.597. The molecule has 25 heavy (non-hydrogen) atoms. The monoisotopic (exact) mass is 473 g/mol. The Morgan fingerprint density at radius 1 is 1.28 bits per heavy atom. The van der Waals surface area contributed by atoms with Crippen molar-refractivity contribution >= 4 is 41.7 Å². The second kappa shape index (κ2) is 12.2. The zero-order chi connectivity index (χ0) is 17.2. The number of hydrogen-bond acceptors (Lipinski definition) is 3. The smallest absolute Gasteiger partial charge is 0.191 e. The third-order valence-electron chi connectivity index (χ3n) is 3.33. The van der Waals surface area contributed by atoms with E-state index in [4.69, 9.17) is 0 Å². The maximum Gasteiger partial charge on any atom is 0.191 e. The molecule has 1 heterocycles. The van der Waals surface area contributed by atoms with E-state index in [0.29, 0.717) is 5.25 Å². The second-order valence-corrected chi connectivity index (χ2v) is 7.18. The Hall–Kier alpha value is -1.22. The number of aryl methyl sites for hydroxylation is 1. The van der Waals surface area contributed by atoms with Gasteiger partial charge in [0, 0.05) is 29.4 Å². The molecule has 0 aliphatic heterocycles. The van der Waals surface area contributed by atoms with Crippen molar-refractivity contribution in [2.24, 2.45) is 4.99 Å². The molecule has 7 heteroatoms. The number of hydrogen-bond donors (Lipinski definition) is 2. The van der Waals surface area contributed by atoms with Crippen LogP contribution < -0.4 is 10.6 Å². The largest absolute Gasteiger partial charge is 0.357 e. The minimum Gasteiger partial charge on any atom is -0.357 e. The van der Waals surface area contributed by atoms with Crippen LogP contribution in [0.25, 0.3) is 0 Å². The van der Waals surface area contributed by atoms with Gasteiger partial charge in [-0.25, -0.2) is 0 Å². The molecule has 1 aromatic carbocycles. The lowest BCUT2D eigenvalue weighted by Crippen LogP contribution is -2.39. The van der Waals surface area contributed by atoms with Gasteiger partial charge in [0.25, 0.3) is 0 Å². The highest BCUT2D eigenvalue weighted by Crippen LogP contribution is 2.22. The summed E-state index contributed by atoms with van der Waals surface area (Å²) in [6, 6.07) is 10.5. The standard InChI is InChI=1S/C18H27N5S.HI/c1-4-19-18(20-10-11-23-14-15(2)12-22-23)21-13-16(3)24-17-8-6-5-7-9-17;/h5-9,12,14,16H,4,10-11,13H2,1-3H3,(H2,19,20,21);1H. The van der Waals surface area contributed by atoms with Crippen LogP contribution in [-0.2, 0) is 6.54 Å². The Balaban J connectivity index is 0.00000312. The molecule has 0 spiro atoms. The van der Waals surface area contributed by atoms with Crippen molar-refractivity contribution in [2.45, 2.75) is 37.5 Å². The van der Waals surface area contributed by atoms with E-state index in [1.807, 2.05) is 41.8 Å². The van der Waals surface area contributed by atoms with Crippen LogP contribution >= 0.6 is 35.7 Å². The number of halogens is 1. The van der Waals surface area contributed by atoms with E-state index < -0.39 is 0 Å². The summed E-state index contributed by atoms with van der Waals surface area (Å²) in [5.41, 5.74) is 1.18. The molecule has 1 unspecified atom stereocenters. The van der Waals surface area contributed by atoms with Crippen molar-refractivity contribution in [2.75, 3.05) is 19.6 Å². The van der Waals surface area contributed by atoms with Crippen molar-refractivity contribution in [1.82, 2.24) is 20.4 Å². The Morgan fingerprint density at radius 2 is 2.04 bits per heavy atom.